The van der Waals surface area contributed by atoms with Crippen molar-refractivity contribution in [2.24, 2.45) is 0 Å². The van der Waals surface area contributed by atoms with Crippen molar-refractivity contribution >= 4 is 5.97 Å². The second kappa shape index (κ2) is 8.67. The molecule has 0 saturated carbocycles. The highest BCUT2D eigenvalue weighted by atomic mass is 16.5. The Hall–Kier alpha value is -1.55. The molecule has 0 aliphatic rings. The summed E-state index contributed by atoms with van der Waals surface area (Å²) in [5, 5.41) is 12.5. The van der Waals surface area contributed by atoms with Gasteiger partial charge in [-0.15, -0.1) is 0 Å². The molecule has 1 atom stereocenters. The first-order valence-electron chi connectivity index (χ1n) is 7.66. The molecule has 1 aromatic rings. The van der Waals surface area contributed by atoms with Gasteiger partial charge in [0.15, 0.2) is 0 Å². The van der Waals surface area contributed by atoms with Gasteiger partial charge in [0, 0.05) is 0 Å². The van der Waals surface area contributed by atoms with E-state index in [1.807, 2.05) is 38.1 Å². The molecule has 1 rings (SSSR count). The van der Waals surface area contributed by atoms with Crippen LogP contribution in [0.2, 0.25) is 0 Å². The molecule has 4 heteroatoms. The van der Waals surface area contributed by atoms with Gasteiger partial charge in [0.05, 0.1) is 6.61 Å². The lowest BCUT2D eigenvalue weighted by Gasteiger charge is -2.26. The van der Waals surface area contributed by atoms with E-state index in [1.165, 1.54) is 5.56 Å². The van der Waals surface area contributed by atoms with E-state index in [0.717, 1.165) is 31.6 Å². The Kier molecular flexibility index (Phi) is 7.23. The monoisotopic (exact) mass is 293 g/mol. The number of aryl methyl sites for hydroxylation is 1. The van der Waals surface area contributed by atoms with Gasteiger partial charge in [-0.3, -0.25) is 4.79 Å². The summed E-state index contributed by atoms with van der Waals surface area (Å²) in [7, 11) is 0. The quantitative estimate of drug-likeness (QED) is 0.649. The number of nitrogens with one attached hydrogen (secondary N) is 1. The number of carbonyl (C=O) groups is 1. The van der Waals surface area contributed by atoms with Crippen molar-refractivity contribution < 1.29 is 14.6 Å². The first-order chi connectivity index (χ1) is 9.98. The second-order valence-electron chi connectivity index (χ2n) is 5.69. The van der Waals surface area contributed by atoms with Crippen molar-refractivity contribution in [3.8, 4) is 5.75 Å². The molecule has 2 N–H and O–H groups in total. The van der Waals surface area contributed by atoms with Crippen LogP contribution in [0.5, 0.6) is 5.75 Å². The van der Waals surface area contributed by atoms with Crippen molar-refractivity contribution in [1.29, 1.82) is 0 Å². The predicted octanol–water partition coefficient (Wildman–Crippen LogP) is 3.39. The third-order valence-corrected chi connectivity index (χ3v) is 3.57. The molecular formula is C17H27NO3. The van der Waals surface area contributed by atoms with Crippen LogP contribution < -0.4 is 10.1 Å². The number of carboxylic acids is 1. The number of aliphatic carboxylic acids is 1. The summed E-state index contributed by atoms with van der Waals surface area (Å²) in [5.41, 5.74) is 0.342. The zero-order chi connectivity index (χ0) is 15.7. The van der Waals surface area contributed by atoms with Crippen molar-refractivity contribution in [1.82, 2.24) is 5.32 Å². The number of hydrogen-bond acceptors (Lipinski definition) is 3. The van der Waals surface area contributed by atoms with Gasteiger partial charge in [0.25, 0.3) is 0 Å². The van der Waals surface area contributed by atoms with Crippen LogP contribution in [0.25, 0.3) is 0 Å². The number of hydrogen-bond donors (Lipinski definition) is 2. The molecule has 0 bridgehead atoms. The Bertz CT molecular complexity index is 447. The molecule has 0 saturated heterocycles. The van der Waals surface area contributed by atoms with Crippen molar-refractivity contribution in [2.75, 3.05) is 13.2 Å². The Balaban J connectivity index is 2.30. The van der Waals surface area contributed by atoms with E-state index >= 15 is 0 Å². The van der Waals surface area contributed by atoms with Gasteiger partial charge in [-0.05, 0) is 63.8 Å². The van der Waals surface area contributed by atoms with Crippen LogP contribution in [-0.4, -0.2) is 29.8 Å². The number of rotatable bonds is 10. The molecule has 0 amide bonds. The average molecular weight is 293 g/mol. The lowest BCUT2D eigenvalue weighted by atomic mass is 9.95. The highest BCUT2D eigenvalue weighted by Gasteiger charge is 2.31. The van der Waals surface area contributed by atoms with Gasteiger partial charge >= 0.3 is 5.97 Å². The predicted molar refractivity (Wildman–Crippen MR) is 84.9 cm³/mol. The van der Waals surface area contributed by atoms with E-state index in [4.69, 9.17) is 4.74 Å². The average Bonchev–Trinajstić information content (AvgIpc) is 2.44. The maximum atomic E-state index is 11.4. The van der Waals surface area contributed by atoms with Crippen LogP contribution in [0.4, 0.5) is 0 Å². The molecule has 0 heterocycles. The molecule has 0 aliphatic carbocycles. The fraction of sp³-hybridized carbons (Fsp3) is 0.588. The van der Waals surface area contributed by atoms with Gasteiger partial charge in [0.1, 0.15) is 11.3 Å². The van der Waals surface area contributed by atoms with Crippen LogP contribution in [0.15, 0.2) is 24.3 Å². The smallest absolute Gasteiger partial charge is 0.323 e. The fourth-order valence-electron chi connectivity index (χ4n) is 2.15. The number of carboxylic acid groups (broad SMARTS) is 1. The van der Waals surface area contributed by atoms with Crippen molar-refractivity contribution in [3.05, 3.63) is 29.8 Å². The summed E-state index contributed by atoms with van der Waals surface area (Å²) in [6.07, 6.45) is 3.22. The van der Waals surface area contributed by atoms with Crippen LogP contribution in [0.1, 0.15) is 45.1 Å². The summed E-state index contributed by atoms with van der Waals surface area (Å²) in [6.45, 7) is 7.16. The fourth-order valence-corrected chi connectivity index (χ4v) is 2.15. The number of unbranched alkanes of at least 4 members (excludes halogenated alkanes) is 1. The van der Waals surface area contributed by atoms with Crippen molar-refractivity contribution in [3.63, 3.8) is 0 Å². The summed E-state index contributed by atoms with van der Waals surface area (Å²) in [5.74, 6) is 0.0932. The lowest BCUT2D eigenvalue weighted by molar-refractivity contribution is -0.144. The minimum Gasteiger partial charge on any atom is -0.494 e. The van der Waals surface area contributed by atoms with E-state index in [-0.39, 0.29) is 0 Å². The summed E-state index contributed by atoms with van der Waals surface area (Å²) in [6, 6.07) is 7.95. The molecule has 0 aromatic heterocycles. The van der Waals surface area contributed by atoms with Crippen molar-refractivity contribution in [2.45, 2.75) is 52.0 Å². The topological polar surface area (TPSA) is 58.6 Å². The molecule has 0 fully saturated rings. The standard InChI is InChI=1S/C17H27NO3/c1-4-11-18-17(3,16(19)20)10-5-6-12-21-15-9-7-8-14(2)13-15/h7-9,13,18H,4-6,10-12H2,1-3H3,(H,19,20). The van der Waals surface area contributed by atoms with Crippen LogP contribution in [0, 0.1) is 6.92 Å². The van der Waals surface area contributed by atoms with E-state index in [9.17, 15) is 9.90 Å². The maximum Gasteiger partial charge on any atom is 0.323 e. The third-order valence-electron chi connectivity index (χ3n) is 3.57. The highest BCUT2D eigenvalue weighted by Crippen LogP contribution is 2.16. The first-order valence-corrected chi connectivity index (χ1v) is 7.66. The first kappa shape index (κ1) is 17.5. The van der Waals surface area contributed by atoms with Gasteiger partial charge in [0.2, 0.25) is 0 Å². The molecule has 0 aliphatic heterocycles. The van der Waals surface area contributed by atoms with Gasteiger partial charge in [-0.1, -0.05) is 19.1 Å². The van der Waals surface area contributed by atoms with Gasteiger partial charge in [-0.2, -0.15) is 0 Å². The SMILES string of the molecule is CCCNC(C)(CCCCOc1cccc(C)c1)C(=O)O. The molecule has 4 nitrogen and oxygen atoms in total. The molecule has 21 heavy (non-hydrogen) atoms. The van der Waals surface area contributed by atoms with E-state index in [0.29, 0.717) is 13.0 Å². The van der Waals surface area contributed by atoms with Gasteiger partial charge < -0.3 is 15.2 Å². The molecule has 118 valence electrons. The Morgan fingerprint density at radius 3 is 2.76 bits per heavy atom. The second-order valence-corrected chi connectivity index (χ2v) is 5.69. The molecule has 0 radical (unpaired) electrons. The van der Waals surface area contributed by atoms with Crippen LogP contribution in [0.3, 0.4) is 0 Å². The molecule has 1 unspecified atom stereocenters. The van der Waals surface area contributed by atoms with E-state index < -0.39 is 11.5 Å². The Morgan fingerprint density at radius 2 is 2.14 bits per heavy atom. The normalized spacial score (nSPS) is 13.7. The molecule has 0 spiro atoms. The number of benzene rings is 1. The van der Waals surface area contributed by atoms with Gasteiger partial charge in [-0.25, -0.2) is 0 Å². The third kappa shape index (κ3) is 6.17. The largest absolute Gasteiger partial charge is 0.494 e. The highest BCUT2D eigenvalue weighted by molar-refractivity contribution is 5.78. The van der Waals surface area contributed by atoms with Crippen LogP contribution in [-0.2, 0) is 4.79 Å². The summed E-state index contributed by atoms with van der Waals surface area (Å²) >= 11 is 0. The minimum absolute atomic E-state index is 0.611. The minimum atomic E-state index is -0.834. The summed E-state index contributed by atoms with van der Waals surface area (Å²) < 4.78 is 5.68. The number of ether oxygens (including phenoxy) is 1. The molecular weight excluding hydrogens is 266 g/mol. The maximum absolute atomic E-state index is 11.4. The zero-order valence-corrected chi connectivity index (χ0v) is 13.3. The summed E-state index contributed by atoms with van der Waals surface area (Å²) in [4.78, 5) is 11.4. The lowest BCUT2D eigenvalue weighted by Crippen LogP contribution is -2.49. The Labute approximate surface area is 127 Å². The zero-order valence-electron chi connectivity index (χ0n) is 13.3. The van der Waals surface area contributed by atoms with Crippen LogP contribution >= 0.6 is 0 Å². The molecule has 1 aromatic carbocycles. The van der Waals surface area contributed by atoms with E-state index in [2.05, 4.69) is 5.32 Å². The van der Waals surface area contributed by atoms with E-state index in [1.54, 1.807) is 6.92 Å². The Morgan fingerprint density at radius 1 is 1.38 bits per heavy atom.